The highest BCUT2D eigenvalue weighted by molar-refractivity contribution is 5.93. The van der Waals surface area contributed by atoms with Gasteiger partial charge in [0.15, 0.2) is 0 Å². The Morgan fingerprint density at radius 3 is 2.42 bits per heavy atom. The highest BCUT2D eigenvalue weighted by Gasteiger charge is 2.28. The first-order valence-electron chi connectivity index (χ1n) is 8.32. The summed E-state index contributed by atoms with van der Waals surface area (Å²) < 4.78 is 5.30. The van der Waals surface area contributed by atoms with E-state index in [0.717, 1.165) is 44.8 Å². The Kier molecular flexibility index (Phi) is 4.89. The van der Waals surface area contributed by atoms with Crippen molar-refractivity contribution in [2.45, 2.75) is 12.5 Å². The van der Waals surface area contributed by atoms with Crippen LogP contribution < -0.4 is 10.6 Å². The molecule has 3 rings (SSSR count). The van der Waals surface area contributed by atoms with E-state index in [9.17, 15) is 9.59 Å². The SMILES string of the molecule is CN1CC(CCN2CCN(c3ccc(C(N)=O)cc3)CC2)OC1=O. The molecule has 0 radical (unpaired) electrons. The van der Waals surface area contributed by atoms with Crippen LogP contribution in [0, 0.1) is 0 Å². The Balaban J connectivity index is 1.44. The second-order valence-electron chi connectivity index (χ2n) is 6.41. The summed E-state index contributed by atoms with van der Waals surface area (Å²) in [5.74, 6) is -0.398. The van der Waals surface area contributed by atoms with Crippen molar-refractivity contribution in [3.63, 3.8) is 0 Å². The van der Waals surface area contributed by atoms with Crippen LogP contribution in [0.3, 0.4) is 0 Å². The molecule has 0 bridgehead atoms. The molecule has 1 aromatic carbocycles. The minimum atomic E-state index is -0.398. The summed E-state index contributed by atoms with van der Waals surface area (Å²) >= 11 is 0. The van der Waals surface area contributed by atoms with Gasteiger partial charge >= 0.3 is 6.09 Å². The van der Waals surface area contributed by atoms with Crippen LogP contribution in [-0.4, -0.2) is 74.2 Å². The van der Waals surface area contributed by atoms with Gasteiger partial charge in [-0.05, 0) is 30.7 Å². The van der Waals surface area contributed by atoms with Gasteiger partial charge in [-0.3, -0.25) is 9.69 Å². The van der Waals surface area contributed by atoms with Crippen LogP contribution in [-0.2, 0) is 4.74 Å². The van der Waals surface area contributed by atoms with Crippen molar-refractivity contribution in [1.82, 2.24) is 9.80 Å². The van der Waals surface area contributed by atoms with Crippen molar-refractivity contribution >= 4 is 17.7 Å². The maximum atomic E-state index is 11.4. The van der Waals surface area contributed by atoms with Crippen LogP contribution in [0.4, 0.5) is 10.5 Å². The largest absolute Gasteiger partial charge is 0.444 e. The summed E-state index contributed by atoms with van der Waals surface area (Å²) in [6.45, 7) is 5.48. The minimum Gasteiger partial charge on any atom is -0.444 e. The number of ether oxygens (including phenoxy) is 1. The number of piperazine rings is 1. The fourth-order valence-corrected chi connectivity index (χ4v) is 3.19. The van der Waals surface area contributed by atoms with Crippen LogP contribution in [0.5, 0.6) is 0 Å². The van der Waals surface area contributed by atoms with E-state index in [-0.39, 0.29) is 12.2 Å². The van der Waals surface area contributed by atoms with Crippen molar-refractivity contribution in [3.05, 3.63) is 29.8 Å². The van der Waals surface area contributed by atoms with E-state index < -0.39 is 5.91 Å². The average Bonchev–Trinajstić information content (AvgIpc) is 2.92. The highest BCUT2D eigenvalue weighted by Crippen LogP contribution is 2.18. The van der Waals surface area contributed by atoms with E-state index >= 15 is 0 Å². The Bertz CT molecular complexity index is 596. The lowest BCUT2D eigenvalue weighted by molar-refractivity contribution is 0.1000. The number of hydrogen-bond donors (Lipinski definition) is 1. The number of cyclic esters (lactones) is 1. The lowest BCUT2D eigenvalue weighted by atomic mass is 10.1. The maximum absolute atomic E-state index is 11.4. The smallest absolute Gasteiger partial charge is 0.409 e. The predicted molar refractivity (Wildman–Crippen MR) is 91.1 cm³/mol. The molecule has 1 aromatic rings. The second-order valence-corrected chi connectivity index (χ2v) is 6.41. The summed E-state index contributed by atoms with van der Waals surface area (Å²) in [7, 11) is 1.77. The van der Waals surface area contributed by atoms with Crippen molar-refractivity contribution in [2.75, 3.05) is 51.2 Å². The minimum absolute atomic E-state index is 0.0156. The fourth-order valence-electron chi connectivity index (χ4n) is 3.19. The van der Waals surface area contributed by atoms with Gasteiger partial charge in [-0.15, -0.1) is 0 Å². The van der Waals surface area contributed by atoms with Gasteiger partial charge in [0, 0.05) is 51.0 Å². The van der Waals surface area contributed by atoms with Crippen molar-refractivity contribution in [2.24, 2.45) is 5.73 Å². The van der Waals surface area contributed by atoms with E-state index in [0.29, 0.717) is 12.1 Å². The predicted octanol–water partition coefficient (Wildman–Crippen LogP) is 0.748. The maximum Gasteiger partial charge on any atom is 0.409 e. The van der Waals surface area contributed by atoms with Gasteiger partial charge in [-0.1, -0.05) is 0 Å². The zero-order chi connectivity index (χ0) is 17.1. The number of rotatable bonds is 5. The normalized spacial score (nSPS) is 21.9. The van der Waals surface area contributed by atoms with Gasteiger partial charge in [-0.25, -0.2) is 4.79 Å². The number of likely N-dealkylation sites (N-methyl/N-ethyl adjacent to an activating group) is 1. The van der Waals surface area contributed by atoms with E-state index in [1.807, 2.05) is 12.1 Å². The number of anilines is 1. The Morgan fingerprint density at radius 2 is 1.88 bits per heavy atom. The number of nitrogens with two attached hydrogens (primary N) is 1. The van der Waals surface area contributed by atoms with Crippen LogP contribution in [0.1, 0.15) is 16.8 Å². The molecule has 7 nitrogen and oxygen atoms in total. The van der Waals surface area contributed by atoms with Gasteiger partial charge < -0.3 is 20.3 Å². The molecule has 2 N–H and O–H groups in total. The number of carbonyl (C=O) groups excluding carboxylic acids is 2. The highest BCUT2D eigenvalue weighted by atomic mass is 16.6. The summed E-state index contributed by atoms with van der Waals surface area (Å²) in [4.78, 5) is 28.8. The zero-order valence-electron chi connectivity index (χ0n) is 14.0. The summed E-state index contributed by atoms with van der Waals surface area (Å²) in [6.07, 6.45) is 0.676. The molecule has 0 aliphatic carbocycles. The molecule has 2 saturated heterocycles. The van der Waals surface area contributed by atoms with Crippen LogP contribution >= 0.6 is 0 Å². The molecule has 24 heavy (non-hydrogen) atoms. The van der Waals surface area contributed by atoms with Crippen molar-refractivity contribution < 1.29 is 14.3 Å². The van der Waals surface area contributed by atoms with E-state index in [2.05, 4.69) is 9.80 Å². The second kappa shape index (κ2) is 7.09. The third kappa shape index (κ3) is 3.79. The molecule has 0 spiro atoms. The van der Waals surface area contributed by atoms with Crippen LogP contribution in [0.15, 0.2) is 24.3 Å². The zero-order valence-corrected chi connectivity index (χ0v) is 14.0. The number of benzene rings is 1. The standard InChI is InChI=1S/C17H24N4O3/c1-19-12-15(24-17(19)23)6-7-20-8-10-21(11-9-20)14-4-2-13(3-5-14)16(18)22/h2-5,15H,6-12H2,1H3,(H2,18,22). The first-order valence-corrected chi connectivity index (χ1v) is 8.32. The molecule has 2 aliphatic heterocycles. The number of primary amides is 1. The molecule has 2 aliphatic rings. The Labute approximate surface area is 141 Å². The van der Waals surface area contributed by atoms with Gasteiger partial charge in [-0.2, -0.15) is 0 Å². The topological polar surface area (TPSA) is 79.1 Å². The fraction of sp³-hybridized carbons (Fsp3) is 0.529. The first-order chi connectivity index (χ1) is 11.5. The van der Waals surface area contributed by atoms with E-state index in [4.69, 9.17) is 10.5 Å². The molecule has 2 heterocycles. The van der Waals surface area contributed by atoms with Crippen molar-refractivity contribution in [1.29, 1.82) is 0 Å². The molecule has 2 amide bonds. The van der Waals surface area contributed by atoms with Crippen molar-refractivity contribution in [3.8, 4) is 0 Å². The van der Waals surface area contributed by atoms with E-state index in [1.165, 1.54) is 0 Å². The molecular weight excluding hydrogens is 308 g/mol. The molecular formula is C17H24N4O3. The summed E-state index contributed by atoms with van der Waals surface area (Å²) in [6, 6.07) is 7.44. The third-order valence-electron chi connectivity index (χ3n) is 4.71. The van der Waals surface area contributed by atoms with Crippen LogP contribution in [0.25, 0.3) is 0 Å². The Morgan fingerprint density at radius 1 is 1.21 bits per heavy atom. The average molecular weight is 332 g/mol. The van der Waals surface area contributed by atoms with Gasteiger partial charge in [0.05, 0.1) is 6.54 Å². The molecule has 0 saturated carbocycles. The quantitative estimate of drug-likeness (QED) is 0.861. The molecule has 2 fully saturated rings. The Hall–Kier alpha value is -2.28. The molecule has 0 aromatic heterocycles. The summed E-state index contributed by atoms with van der Waals surface area (Å²) in [5, 5.41) is 0. The van der Waals surface area contributed by atoms with Gasteiger partial charge in [0.1, 0.15) is 6.10 Å². The monoisotopic (exact) mass is 332 g/mol. The number of nitrogens with zero attached hydrogens (tertiary/aromatic N) is 3. The molecule has 1 unspecified atom stereocenters. The number of carbonyl (C=O) groups is 2. The third-order valence-corrected chi connectivity index (χ3v) is 4.71. The van der Waals surface area contributed by atoms with Crippen LogP contribution in [0.2, 0.25) is 0 Å². The first kappa shape index (κ1) is 16.6. The molecule has 7 heteroatoms. The lowest BCUT2D eigenvalue weighted by Crippen LogP contribution is -2.47. The van der Waals surface area contributed by atoms with E-state index in [1.54, 1.807) is 24.1 Å². The van der Waals surface area contributed by atoms with Gasteiger partial charge in [0.25, 0.3) is 0 Å². The number of hydrogen-bond acceptors (Lipinski definition) is 5. The van der Waals surface area contributed by atoms with Gasteiger partial charge in [0.2, 0.25) is 5.91 Å². The summed E-state index contributed by atoms with van der Waals surface area (Å²) in [5.41, 5.74) is 6.92. The molecule has 130 valence electrons. The molecule has 1 atom stereocenters. The number of amides is 2. The lowest BCUT2D eigenvalue weighted by Gasteiger charge is -2.36.